The predicted octanol–water partition coefficient (Wildman–Crippen LogP) is 1.10. The summed E-state index contributed by atoms with van der Waals surface area (Å²) >= 11 is 0. The minimum Gasteiger partial charge on any atom is -0.398 e. The Morgan fingerprint density at radius 3 is 2.65 bits per heavy atom. The highest BCUT2D eigenvalue weighted by Gasteiger charge is 2.21. The van der Waals surface area contributed by atoms with Gasteiger partial charge in [0.25, 0.3) is 0 Å². The summed E-state index contributed by atoms with van der Waals surface area (Å²) in [5.41, 5.74) is 8.42. The summed E-state index contributed by atoms with van der Waals surface area (Å²) in [6, 6.07) is 3.42. The first kappa shape index (κ1) is 14.5. The third-order valence-electron chi connectivity index (χ3n) is 3.20. The quantitative estimate of drug-likeness (QED) is 0.826. The molecule has 2 aromatic rings. The molecular formula is C13H18N4O2S. The first-order chi connectivity index (χ1) is 9.31. The Morgan fingerprint density at radius 2 is 2.05 bits per heavy atom. The lowest BCUT2D eigenvalue weighted by Crippen LogP contribution is -2.25. The molecule has 0 aliphatic heterocycles. The van der Waals surface area contributed by atoms with Crippen molar-refractivity contribution in [2.24, 2.45) is 7.05 Å². The van der Waals surface area contributed by atoms with Crippen molar-refractivity contribution in [2.45, 2.75) is 25.3 Å². The average Bonchev–Trinajstić information content (AvgIpc) is 2.78. The maximum atomic E-state index is 12.4. The molecule has 108 valence electrons. The number of anilines is 1. The molecule has 0 aliphatic rings. The van der Waals surface area contributed by atoms with Gasteiger partial charge in [-0.15, -0.1) is 0 Å². The molecule has 0 atom stereocenters. The normalized spacial score (nSPS) is 11.8. The highest BCUT2D eigenvalue weighted by molar-refractivity contribution is 7.89. The molecule has 0 saturated heterocycles. The van der Waals surface area contributed by atoms with Crippen molar-refractivity contribution >= 4 is 15.7 Å². The van der Waals surface area contributed by atoms with Gasteiger partial charge in [0.2, 0.25) is 10.0 Å². The van der Waals surface area contributed by atoms with Crippen LogP contribution in [0.5, 0.6) is 0 Å². The number of nitrogens with zero attached hydrogens (tertiary/aromatic N) is 2. The van der Waals surface area contributed by atoms with E-state index in [4.69, 9.17) is 5.73 Å². The second kappa shape index (κ2) is 5.26. The van der Waals surface area contributed by atoms with Gasteiger partial charge in [-0.1, -0.05) is 6.07 Å². The summed E-state index contributed by atoms with van der Waals surface area (Å²) in [5, 5.41) is 4.00. The number of hydrogen-bond acceptors (Lipinski definition) is 4. The summed E-state index contributed by atoms with van der Waals surface area (Å²) in [4.78, 5) is 0.154. The Labute approximate surface area is 118 Å². The third-order valence-corrected chi connectivity index (χ3v) is 4.80. The molecule has 0 aliphatic carbocycles. The molecule has 20 heavy (non-hydrogen) atoms. The minimum atomic E-state index is -3.65. The van der Waals surface area contributed by atoms with Crippen LogP contribution in [0.25, 0.3) is 0 Å². The van der Waals surface area contributed by atoms with Crippen molar-refractivity contribution in [1.29, 1.82) is 0 Å². The van der Waals surface area contributed by atoms with Crippen molar-refractivity contribution in [3.05, 3.63) is 41.2 Å². The largest absolute Gasteiger partial charge is 0.398 e. The number of rotatable bonds is 4. The third kappa shape index (κ3) is 2.83. The van der Waals surface area contributed by atoms with Crippen LogP contribution in [0.4, 0.5) is 5.69 Å². The van der Waals surface area contributed by atoms with Crippen molar-refractivity contribution < 1.29 is 8.42 Å². The maximum absolute atomic E-state index is 12.4. The van der Waals surface area contributed by atoms with Crippen LogP contribution >= 0.6 is 0 Å². The summed E-state index contributed by atoms with van der Waals surface area (Å²) in [7, 11) is -1.87. The molecule has 0 saturated carbocycles. The molecular weight excluding hydrogens is 276 g/mol. The van der Waals surface area contributed by atoms with Crippen LogP contribution in [0.2, 0.25) is 0 Å². The first-order valence-corrected chi connectivity index (χ1v) is 7.62. The topological polar surface area (TPSA) is 90.0 Å². The summed E-state index contributed by atoms with van der Waals surface area (Å²) < 4.78 is 28.9. The lowest BCUT2D eigenvalue weighted by Gasteiger charge is -2.13. The van der Waals surface area contributed by atoms with Gasteiger partial charge >= 0.3 is 0 Å². The summed E-state index contributed by atoms with van der Waals surface area (Å²) in [5.74, 6) is 0. The number of nitrogens with one attached hydrogen (secondary N) is 1. The zero-order valence-corrected chi connectivity index (χ0v) is 12.5. The van der Waals surface area contributed by atoms with Crippen LogP contribution in [0.3, 0.4) is 0 Å². The van der Waals surface area contributed by atoms with Crippen LogP contribution in [0.15, 0.2) is 29.4 Å². The van der Waals surface area contributed by atoms with Crippen LogP contribution < -0.4 is 10.5 Å². The fourth-order valence-corrected chi connectivity index (χ4v) is 3.42. The molecule has 0 fully saturated rings. The van der Waals surface area contributed by atoms with Gasteiger partial charge in [0, 0.05) is 25.4 Å². The molecule has 7 heteroatoms. The van der Waals surface area contributed by atoms with Crippen molar-refractivity contribution in [3.63, 3.8) is 0 Å². The highest BCUT2D eigenvalue weighted by atomic mass is 32.2. The smallest absolute Gasteiger partial charge is 0.243 e. The Kier molecular flexibility index (Phi) is 3.82. The van der Waals surface area contributed by atoms with E-state index in [2.05, 4.69) is 9.82 Å². The summed E-state index contributed by atoms with van der Waals surface area (Å²) in [6.45, 7) is 3.79. The number of nitrogen functional groups attached to an aromatic ring is 1. The Bertz CT molecular complexity index is 735. The number of aromatic nitrogens is 2. The maximum Gasteiger partial charge on any atom is 0.243 e. The first-order valence-electron chi connectivity index (χ1n) is 6.14. The Morgan fingerprint density at radius 1 is 1.35 bits per heavy atom. The second-order valence-electron chi connectivity index (χ2n) is 4.77. The molecule has 2 rings (SSSR count). The van der Waals surface area contributed by atoms with E-state index in [0.717, 1.165) is 11.1 Å². The van der Waals surface area contributed by atoms with Gasteiger partial charge in [0.1, 0.15) is 4.90 Å². The number of aryl methyl sites for hydroxylation is 2. The lowest BCUT2D eigenvalue weighted by atomic mass is 10.1. The fraction of sp³-hybridized carbons (Fsp3) is 0.308. The molecule has 3 N–H and O–H groups in total. The molecule has 1 aromatic heterocycles. The van der Waals surface area contributed by atoms with E-state index in [9.17, 15) is 8.42 Å². The lowest BCUT2D eigenvalue weighted by molar-refractivity contribution is 0.581. The molecule has 1 heterocycles. The molecule has 6 nitrogen and oxygen atoms in total. The fourth-order valence-electron chi connectivity index (χ4n) is 1.98. The number of benzene rings is 1. The monoisotopic (exact) mass is 294 g/mol. The molecule has 0 amide bonds. The molecule has 0 unspecified atom stereocenters. The summed E-state index contributed by atoms with van der Waals surface area (Å²) in [6.07, 6.45) is 3.38. The van der Waals surface area contributed by atoms with Gasteiger partial charge in [-0.05, 0) is 31.0 Å². The molecule has 1 aromatic carbocycles. The minimum absolute atomic E-state index is 0.154. The van der Waals surface area contributed by atoms with Gasteiger partial charge in [-0.3, -0.25) is 4.68 Å². The zero-order chi connectivity index (χ0) is 14.9. The van der Waals surface area contributed by atoms with Crippen LogP contribution in [-0.2, 0) is 23.6 Å². The van der Waals surface area contributed by atoms with Crippen molar-refractivity contribution in [1.82, 2.24) is 14.5 Å². The standard InChI is InChI=1S/C13H18N4O2S/c1-9-4-5-12(14)13(10(9)2)20(18,19)16-7-11-6-15-17(3)8-11/h4-6,8,16H,7,14H2,1-3H3. The molecule has 0 spiro atoms. The van der Waals surface area contributed by atoms with E-state index in [1.165, 1.54) is 0 Å². The van der Waals surface area contributed by atoms with Gasteiger partial charge < -0.3 is 5.73 Å². The number of hydrogen-bond donors (Lipinski definition) is 2. The molecule has 0 radical (unpaired) electrons. The highest BCUT2D eigenvalue weighted by Crippen LogP contribution is 2.25. The van der Waals surface area contributed by atoms with Gasteiger partial charge in [0.15, 0.2) is 0 Å². The second-order valence-corrected chi connectivity index (χ2v) is 6.48. The Balaban J connectivity index is 2.29. The van der Waals surface area contributed by atoms with Crippen molar-refractivity contribution in [3.8, 4) is 0 Å². The van der Waals surface area contributed by atoms with Crippen LogP contribution in [0.1, 0.15) is 16.7 Å². The van der Waals surface area contributed by atoms with Gasteiger partial charge in [0.05, 0.1) is 11.9 Å². The van der Waals surface area contributed by atoms with E-state index in [0.29, 0.717) is 5.56 Å². The van der Waals surface area contributed by atoms with E-state index in [1.807, 2.05) is 13.0 Å². The number of sulfonamides is 1. The van der Waals surface area contributed by atoms with Crippen LogP contribution in [0, 0.1) is 13.8 Å². The number of nitrogens with two attached hydrogens (primary N) is 1. The SMILES string of the molecule is Cc1ccc(N)c(S(=O)(=O)NCc2cnn(C)c2)c1C. The van der Waals surface area contributed by atoms with Gasteiger partial charge in [-0.2, -0.15) is 5.10 Å². The Hall–Kier alpha value is -1.86. The van der Waals surface area contributed by atoms with E-state index >= 15 is 0 Å². The van der Waals surface area contributed by atoms with Crippen molar-refractivity contribution in [2.75, 3.05) is 5.73 Å². The van der Waals surface area contributed by atoms with E-state index in [1.54, 1.807) is 37.1 Å². The molecule has 0 bridgehead atoms. The van der Waals surface area contributed by atoms with E-state index in [-0.39, 0.29) is 17.1 Å². The van der Waals surface area contributed by atoms with E-state index < -0.39 is 10.0 Å². The predicted molar refractivity (Wildman–Crippen MR) is 77.6 cm³/mol. The van der Waals surface area contributed by atoms with Crippen LogP contribution in [-0.4, -0.2) is 18.2 Å². The van der Waals surface area contributed by atoms with Gasteiger partial charge in [-0.25, -0.2) is 13.1 Å². The average molecular weight is 294 g/mol. The zero-order valence-electron chi connectivity index (χ0n) is 11.7.